The van der Waals surface area contributed by atoms with Gasteiger partial charge in [-0.05, 0) is 23.4 Å². The first kappa shape index (κ1) is 7.06. The van der Waals surface area contributed by atoms with Crippen LogP contribution < -0.4 is 0 Å². The molecule has 1 aliphatic heterocycles. The highest BCUT2D eigenvalue weighted by Crippen LogP contribution is 2.25. The molecule has 1 aliphatic rings. The van der Waals surface area contributed by atoms with Crippen LogP contribution >= 0.6 is 34.2 Å². The van der Waals surface area contributed by atoms with E-state index in [0.717, 1.165) is 6.54 Å². The topological polar surface area (TPSA) is 3.24 Å². The zero-order chi connectivity index (χ0) is 6.97. The highest BCUT2D eigenvalue weighted by Gasteiger charge is 2.13. The van der Waals surface area contributed by atoms with Crippen LogP contribution in [0.25, 0.3) is 0 Å². The van der Waals surface area contributed by atoms with Gasteiger partial charge in [-0.25, -0.2) is 3.11 Å². The van der Waals surface area contributed by atoms with Crippen molar-refractivity contribution in [1.82, 2.24) is 3.11 Å². The van der Waals surface area contributed by atoms with Gasteiger partial charge in [0.25, 0.3) is 0 Å². The molecule has 3 heteroatoms. The number of fused-ring (bicyclic) bond motifs is 1. The third-order valence-corrected chi connectivity index (χ3v) is 3.61. The number of nitrogens with zero attached hydrogens (tertiary/aromatic N) is 1. The molecule has 0 saturated carbocycles. The maximum Gasteiger partial charge on any atom is 0.0343 e. The van der Waals surface area contributed by atoms with Crippen LogP contribution in [0.3, 0.4) is 0 Å². The fourth-order valence-electron chi connectivity index (χ4n) is 1.21. The summed E-state index contributed by atoms with van der Waals surface area (Å²) in [6.07, 6.45) is 1.25. The standard InChI is InChI=1S/C7H8INS/c8-9-3-1-7-6(5-9)2-4-10-7/h2,4H,1,3,5H2. The molecule has 0 fully saturated rings. The van der Waals surface area contributed by atoms with Gasteiger partial charge in [-0.3, -0.25) is 0 Å². The molecule has 1 aromatic rings. The van der Waals surface area contributed by atoms with Crippen molar-refractivity contribution < 1.29 is 0 Å². The predicted molar refractivity (Wildman–Crippen MR) is 52.5 cm³/mol. The Morgan fingerprint density at radius 1 is 1.60 bits per heavy atom. The molecule has 1 aromatic heterocycles. The van der Waals surface area contributed by atoms with Gasteiger partial charge in [0.1, 0.15) is 0 Å². The van der Waals surface area contributed by atoms with Crippen molar-refractivity contribution in [3.05, 3.63) is 21.9 Å². The van der Waals surface area contributed by atoms with Crippen LogP contribution in [0.15, 0.2) is 11.4 Å². The SMILES string of the molecule is IN1CCc2sccc2C1. The predicted octanol–water partition coefficient (Wildman–Crippen LogP) is 2.46. The van der Waals surface area contributed by atoms with E-state index in [2.05, 4.69) is 37.4 Å². The summed E-state index contributed by atoms with van der Waals surface area (Å²) in [7, 11) is 0. The quantitative estimate of drug-likeness (QED) is 0.514. The van der Waals surface area contributed by atoms with Crippen LogP contribution in [0.4, 0.5) is 0 Å². The van der Waals surface area contributed by atoms with Crippen LogP contribution in [-0.2, 0) is 13.0 Å². The average molecular weight is 265 g/mol. The number of thiophene rings is 1. The van der Waals surface area contributed by atoms with Crippen molar-refractivity contribution in [2.24, 2.45) is 0 Å². The number of hydrogen-bond donors (Lipinski definition) is 0. The first-order valence-corrected chi connectivity index (χ1v) is 5.16. The maximum atomic E-state index is 2.39. The number of hydrogen-bond acceptors (Lipinski definition) is 2. The van der Waals surface area contributed by atoms with E-state index in [1.807, 2.05) is 11.3 Å². The van der Waals surface area contributed by atoms with Gasteiger partial charge in [-0.2, -0.15) is 0 Å². The van der Waals surface area contributed by atoms with Crippen molar-refractivity contribution in [3.8, 4) is 0 Å². The fourth-order valence-corrected chi connectivity index (χ4v) is 2.71. The maximum absolute atomic E-state index is 2.39. The second kappa shape index (κ2) is 2.79. The Hall–Kier alpha value is 0.390. The molecular weight excluding hydrogens is 257 g/mol. The first-order valence-electron chi connectivity index (χ1n) is 3.32. The van der Waals surface area contributed by atoms with E-state index >= 15 is 0 Å². The Bertz CT molecular complexity index is 233. The molecule has 0 radical (unpaired) electrons. The van der Waals surface area contributed by atoms with Crippen LogP contribution in [0.1, 0.15) is 10.4 Å². The van der Waals surface area contributed by atoms with Crippen molar-refractivity contribution in [2.75, 3.05) is 6.54 Å². The summed E-state index contributed by atoms with van der Waals surface area (Å²) in [5, 5.41) is 2.19. The molecule has 0 saturated heterocycles. The average Bonchev–Trinajstić information content (AvgIpc) is 2.33. The fraction of sp³-hybridized carbons (Fsp3) is 0.429. The van der Waals surface area contributed by atoms with Crippen molar-refractivity contribution in [1.29, 1.82) is 0 Å². The van der Waals surface area contributed by atoms with E-state index in [4.69, 9.17) is 0 Å². The molecule has 0 atom stereocenters. The lowest BCUT2D eigenvalue weighted by molar-refractivity contribution is 0.486. The van der Waals surface area contributed by atoms with E-state index in [-0.39, 0.29) is 0 Å². The zero-order valence-electron chi connectivity index (χ0n) is 5.51. The minimum Gasteiger partial charge on any atom is -0.243 e. The second-order valence-electron chi connectivity index (χ2n) is 2.46. The zero-order valence-corrected chi connectivity index (χ0v) is 8.48. The summed E-state index contributed by atoms with van der Waals surface area (Å²) in [5.41, 5.74) is 1.53. The Labute approximate surface area is 78.5 Å². The monoisotopic (exact) mass is 265 g/mol. The summed E-state index contributed by atoms with van der Waals surface area (Å²) in [5.74, 6) is 0. The lowest BCUT2D eigenvalue weighted by Gasteiger charge is -2.19. The Balaban J connectivity index is 2.30. The minimum absolute atomic E-state index is 1.14. The van der Waals surface area contributed by atoms with E-state index in [0.29, 0.717) is 0 Å². The van der Waals surface area contributed by atoms with Gasteiger partial charge < -0.3 is 0 Å². The molecule has 54 valence electrons. The summed E-state index contributed by atoms with van der Waals surface area (Å²) in [4.78, 5) is 1.59. The Morgan fingerprint density at radius 3 is 3.40 bits per heavy atom. The van der Waals surface area contributed by atoms with E-state index in [1.54, 1.807) is 4.88 Å². The molecule has 0 bridgehead atoms. The third kappa shape index (κ3) is 1.22. The largest absolute Gasteiger partial charge is 0.243 e. The Morgan fingerprint density at radius 2 is 2.50 bits per heavy atom. The molecule has 2 heterocycles. The van der Waals surface area contributed by atoms with Crippen molar-refractivity contribution in [3.63, 3.8) is 0 Å². The lowest BCUT2D eigenvalue weighted by atomic mass is 10.1. The highest BCUT2D eigenvalue weighted by atomic mass is 127. The van der Waals surface area contributed by atoms with Crippen molar-refractivity contribution >= 4 is 34.2 Å². The normalized spacial score (nSPS) is 18.9. The molecule has 0 amide bonds. The molecule has 0 aliphatic carbocycles. The molecule has 0 spiro atoms. The van der Waals surface area contributed by atoms with E-state index in [1.165, 1.54) is 18.5 Å². The molecule has 1 nitrogen and oxygen atoms in total. The van der Waals surface area contributed by atoms with Crippen LogP contribution in [0.2, 0.25) is 0 Å². The molecule has 2 rings (SSSR count). The second-order valence-corrected chi connectivity index (χ2v) is 4.83. The van der Waals surface area contributed by atoms with Crippen molar-refractivity contribution in [2.45, 2.75) is 13.0 Å². The van der Waals surface area contributed by atoms with Gasteiger partial charge in [0.05, 0.1) is 0 Å². The van der Waals surface area contributed by atoms with Crippen LogP contribution in [-0.4, -0.2) is 9.66 Å². The van der Waals surface area contributed by atoms with Gasteiger partial charge in [-0.15, -0.1) is 11.3 Å². The van der Waals surface area contributed by atoms with Gasteiger partial charge in [0.2, 0.25) is 0 Å². The summed E-state index contributed by atoms with van der Waals surface area (Å²) in [6, 6.07) is 2.24. The minimum atomic E-state index is 1.14. The molecular formula is C7H8INS. The van der Waals surface area contributed by atoms with E-state index in [9.17, 15) is 0 Å². The summed E-state index contributed by atoms with van der Waals surface area (Å²) < 4.78 is 2.34. The van der Waals surface area contributed by atoms with Crippen LogP contribution in [0, 0.1) is 0 Å². The number of rotatable bonds is 0. The molecule has 0 N–H and O–H groups in total. The smallest absolute Gasteiger partial charge is 0.0343 e. The van der Waals surface area contributed by atoms with Gasteiger partial charge in [-0.1, -0.05) is 0 Å². The highest BCUT2D eigenvalue weighted by molar-refractivity contribution is 14.1. The molecule has 0 unspecified atom stereocenters. The van der Waals surface area contributed by atoms with Gasteiger partial charge >= 0.3 is 0 Å². The molecule has 10 heavy (non-hydrogen) atoms. The first-order chi connectivity index (χ1) is 4.86. The summed E-state index contributed by atoms with van der Waals surface area (Å²) >= 11 is 4.29. The van der Waals surface area contributed by atoms with E-state index < -0.39 is 0 Å². The number of halogens is 1. The van der Waals surface area contributed by atoms with Gasteiger partial charge in [0.15, 0.2) is 0 Å². The van der Waals surface area contributed by atoms with Gasteiger partial charge in [0, 0.05) is 40.8 Å². The summed E-state index contributed by atoms with van der Waals surface area (Å²) in [6.45, 7) is 2.35. The third-order valence-electron chi connectivity index (χ3n) is 1.76. The van der Waals surface area contributed by atoms with Crippen LogP contribution in [0.5, 0.6) is 0 Å². The molecule has 0 aromatic carbocycles. The lowest BCUT2D eigenvalue weighted by Crippen LogP contribution is -2.19. The Kier molecular flexibility index (Phi) is 1.97.